The lowest BCUT2D eigenvalue weighted by Gasteiger charge is -2.17. The lowest BCUT2D eigenvalue weighted by Crippen LogP contribution is -2.33. The summed E-state index contributed by atoms with van der Waals surface area (Å²) < 4.78 is 0. The van der Waals surface area contributed by atoms with Crippen molar-refractivity contribution in [2.75, 3.05) is 6.54 Å². The van der Waals surface area contributed by atoms with Gasteiger partial charge in [-0.2, -0.15) is 0 Å². The predicted molar refractivity (Wildman–Crippen MR) is 67.6 cm³/mol. The van der Waals surface area contributed by atoms with E-state index < -0.39 is 0 Å². The number of rotatable bonds is 5. The van der Waals surface area contributed by atoms with Crippen LogP contribution >= 0.6 is 0 Å². The summed E-state index contributed by atoms with van der Waals surface area (Å²) in [6, 6.07) is 0. The van der Waals surface area contributed by atoms with Gasteiger partial charge in [0.15, 0.2) is 0 Å². The molecule has 4 nitrogen and oxygen atoms in total. The van der Waals surface area contributed by atoms with Crippen molar-refractivity contribution in [1.82, 2.24) is 4.90 Å². The summed E-state index contributed by atoms with van der Waals surface area (Å²) in [5.41, 5.74) is 0. The fourth-order valence-electron chi connectivity index (χ4n) is 3.30. The molecule has 1 saturated carbocycles. The van der Waals surface area contributed by atoms with Gasteiger partial charge in [-0.1, -0.05) is 13.3 Å². The maximum atomic E-state index is 12.2. The maximum absolute atomic E-state index is 12.2. The zero-order valence-electron chi connectivity index (χ0n) is 11.3. The van der Waals surface area contributed by atoms with E-state index in [1.807, 2.05) is 0 Å². The van der Waals surface area contributed by atoms with Crippen molar-refractivity contribution >= 4 is 11.8 Å². The molecule has 2 rings (SSSR count). The van der Waals surface area contributed by atoms with E-state index in [0.29, 0.717) is 25.3 Å². The van der Waals surface area contributed by atoms with Crippen LogP contribution in [0.3, 0.4) is 0 Å². The summed E-state index contributed by atoms with van der Waals surface area (Å²) >= 11 is 0. The second kappa shape index (κ2) is 5.39. The zero-order chi connectivity index (χ0) is 13.3. The van der Waals surface area contributed by atoms with Crippen LogP contribution in [-0.4, -0.2) is 34.5 Å². The molecule has 0 radical (unpaired) electrons. The van der Waals surface area contributed by atoms with Gasteiger partial charge in [-0.3, -0.25) is 14.5 Å². The van der Waals surface area contributed by atoms with Gasteiger partial charge in [-0.25, -0.2) is 0 Å². The molecular formula is C14H23NO3. The number of nitrogens with zero attached hydrogens (tertiary/aromatic N) is 1. The molecule has 1 aliphatic carbocycles. The van der Waals surface area contributed by atoms with Gasteiger partial charge in [-0.15, -0.1) is 0 Å². The Morgan fingerprint density at radius 3 is 2.28 bits per heavy atom. The first-order chi connectivity index (χ1) is 8.54. The van der Waals surface area contributed by atoms with Crippen LogP contribution in [-0.2, 0) is 9.59 Å². The second-order valence-corrected chi connectivity index (χ2v) is 5.78. The summed E-state index contributed by atoms with van der Waals surface area (Å²) in [6.07, 6.45) is 3.82. The van der Waals surface area contributed by atoms with Crippen molar-refractivity contribution in [3.05, 3.63) is 0 Å². The lowest BCUT2D eigenvalue weighted by molar-refractivity contribution is -0.140. The number of likely N-dealkylation sites (tertiary alicyclic amines) is 1. The standard InChI is InChI=1S/C14H23NO3/c1-3-10-7-11-12(8-10)14(18)15(13(11)17)6-4-5-9(2)16/h9-12,16H,3-8H2,1-2H3. The van der Waals surface area contributed by atoms with Gasteiger partial charge >= 0.3 is 0 Å². The highest BCUT2D eigenvalue weighted by Crippen LogP contribution is 2.44. The molecular weight excluding hydrogens is 230 g/mol. The minimum absolute atomic E-state index is 0.0338. The first kappa shape index (κ1) is 13.5. The number of fused-ring (bicyclic) bond motifs is 1. The summed E-state index contributed by atoms with van der Waals surface area (Å²) in [7, 11) is 0. The van der Waals surface area contributed by atoms with Gasteiger partial charge in [0.2, 0.25) is 11.8 Å². The molecule has 102 valence electrons. The van der Waals surface area contributed by atoms with Crippen molar-refractivity contribution in [3.8, 4) is 0 Å². The Bertz CT molecular complexity index is 316. The molecule has 1 aliphatic heterocycles. The normalized spacial score (nSPS) is 33.1. The van der Waals surface area contributed by atoms with Crippen LogP contribution in [0, 0.1) is 17.8 Å². The Kier molecular flexibility index (Phi) is 4.05. The molecule has 0 aromatic carbocycles. The highest BCUT2D eigenvalue weighted by atomic mass is 16.3. The average Bonchev–Trinajstić information content (AvgIpc) is 2.84. The smallest absolute Gasteiger partial charge is 0.233 e. The van der Waals surface area contributed by atoms with Crippen LogP contribution in [0.2, 0.25) is 0 Å². The summed E-state index contributed by atoms with van der Waals surface area (Å²) in [6.45, 7) is 4.33. The van der Waals surface area contributed by atoms with E-state index in [4.69, 9.17) is 0 Å². The Morgan fingerprint density at radius 2 is 1.83 bits per heavy atom. The van der Waals surface area contributed by atoms with Crippen LogP contribution in [0.5, 0.6) is 0 Å². The van der Waals surface area contributed by atoms with Crippen molar-refractivity contribution < 1.29 is 14.7 Å². The molecule has 2 aliphatic rings. The average molecular weight is 253 g/mol. The third-order valence-electron chi connectivity index (χ3n) is 4.41. The number of imide groups is 1. The molecule has 1 N–H and O–H groups in total. The summed E-state index contributed by atoms with van der Waals surface area (Å²) in [4.78, 5) is 25.8. The fourth-order valence-corrected chi connectivity index (χ4v) is 3.30. The molecule has 0 aromatic rings. The highest BCUT2D eigenvalue weighted by molar-refractivity contribution is 6.05. The van der Waals surface area contributed by atoms with E-state index in [1.54, 1.807) is 6.92 Å². The monoisotopic (exact) mass is 253 g/mol. The number of carbonyl (C=O) groups is 2. The largest absolute Gasteiger partial charge is 0.393 e. The summed E-state index contributed by atoms with van der Waals surface area (Å²) in [5, 5.41) is 9.20. The van der Waals surface area contributed by atoms with E-state index in [9.17, 15) is 14.7 Å². The van der Waals surface area contributed by atoms with Crippen molar-refractivity contribution in [1.29, 1.82) is 0 Å². The quantitative estimate of drug-likeness (QED) is 0.757. The third-order valence-corrected chi connectivity index (χ3v) is 4.41. The van der Waals surface area contributed by atoms with Crippen LogP contribution in [0.1, 0.15) is 46.0 Å². The van der Waals surface area contributed by atoms with E-state index in [0.717, 1.165) is 19.3 Å². The van der Waals surface area contributed by atoms with Crippen molar-refractivity contribution in [2.24, 2.45) is 17.8 Å². The van der Waals surface area contributed by atoms with E-state index in [1.165, 1.54) is 4.90 Å². The third kappa shape index (κ3) is 2.44. The molecule has 2 fully saturated rings. The van der Waals surface area contributed by atoms with Gasteiger partial charge < -0.3 is 5.11 Å². The van der Waals surface area contributed by atoms with Crippen LogP contribution in [0.4, 0.5) is 0 Å². The zero-order valence-corrected chi connectivity index (χ0v) is 11.3. The minimum atomic E-state index is -0.359. The van der Waals surface area contributed by atoms with E-state index >= 15 is 0 Å². The molecule has 0 bridgehead atoms. The SMILES string of the molecule is CCC1CC2C(=O)N(CCCC(C)O)C(=O)C2C1. The predicted octanol–water partition coefficient (Wildman–Crippen LogP) is 1.57. The molecule has 3 atom stereocenters. The van der Waals surface area contributed by atoms with E-state index in [2.05, 4.69) is 6.92 Å². The molecule has 18 heavy (non-hydrogen) atoms. The topological polar surface area (TPSA) is 57.6 Å². The van der Waals surface area contributed by atoms with Crippen molar-refractivity contribution in [2.45, 2.75) is 52.1 Å². The van der Waals surface area contributed by atoms with Gasteiger partial charge in [0.1, 0.15) is 0 Å². The number of hydrogen-bond donors (Lipinski definition) is 1. The second-order valence-electron chi connectivity index (χ2n) is 5.78. The lowest BCUT2D eigenvalue weighted by atomic mass is 10.00. The Balaban J connectivity index is 1.92. The van der Waals surface area contributed by atoms with Crippen LogP contribution in [0.15, 0.2) is 0 Å². The molecule has 1 saturated heterocycles. The molecule has 0 aromatic heterocycles. The maximum Gasteiger partial charge on any atom is 0.233 e. The summed E-state index contributed by atoms with van der Waals surface area (Å²) in [5.74, 6) is 0.522. The Labute approximate surface area is 108 Å². The van der Waals surface area contributed by atoms with Crippen molar-refractivity contribution in [3.63, 3.8) is 0 Å². The molecule has 0 spiro atoms. The van der Waals surface area contributed by atoms with Gasteiger partial charge in [-0.05, 0) is 38.5 Å². The number of carbonyl (C=O) groups excluding carboxylic acids is 2. The number of aliphatic hydroxyl groups is 1. The molecule has 4 heteroatoms. The Morgan fingerprint density at radius 1 is 1.28 bits per heavy atom. The van der Waals surface area contributed by atoms with Gasteiger partial charge in [0.05, 0.1) is 17.9 Å². The first-order valence-corrected chi connectivity index (χ1v) is 7.07. The molecule has 2 amide bonds. The van der Waals surface area contributed by atoms with Crippen LogP contribution in [0.25, 0.3) is 0 Å². The van der Waals surface area contributed by atoms with E-state index in [-0.39, 0.29) is 29.8 Å². The first-order valence-electron chi connectivity index (χ1n) is 7.07. The minimum Gasteiger partial charge on any atom is -0.393 e. The highest BCUT2D eigenvalue weighted by Gasteiger charge is 2.51. The molecule has 1 heterocycles. The number of aliphatic hydroxyl groups excluding tert-OH is 1. The Hall–Kier alpha value is -0.900. The van der Waals surface area contributed by atoms with Gasteiger partial charge in [0, 0.05) is 6.54 Å². The fraction of sp³-hybridized carbons (Fsp3) is 0.857. The van der Waals surface area contributed by atoms with Gasteiger partial charge in [0.25, 0.3) is 0 Å². The number of hydrogen-bond acceptors (Lipinski definition) is 3. The number of amides is 2. The molecule has 3 unspecified atom stereocenters. The van der Waals surface area contributed by atoms with Crippen LogP contribution < -0.4 is 0 Å².